The minimum atomic E-state index is -0.534. The number of fused-ring (bicyclic) bond motifs is 3. The Hall–Kier alpha value is -7.30. The highest BCUT2D eigenvalue weighted by Crippen LogP contribution is 2.56. The van der Waals surface area contributed by atoms with Gasteiger partial charge in [0.1, 0.15) is 24.7 Å². The zero-order chi connectivity index (χ0) is 38.3. The largest absolute Gasteiger partial charge is 0.488 e. The maximum absolute atomic E-state index is 6.20. The highest BCUT2D eigenvalue weighted by atomic mass is 16.5. The Morgan fingerprint density at radius 3 is 1.18 bits per heavy atom. The first-order chi connectivity index (χ1) is 28.3. The Morgan fingerprint density at radius 2 is 0.737 bits per heavy atom. The first-order valence-electron chi connectivity index (χ1n) is 19.3. The Balaban J connectivity index is 1.02. The van der Waals surface area contributed by atoms with Crippen molar-refractivity contribution in [2.24, 2.45) is 9.98 Å². The van der Waals surface area contributed by atoms with Crippen LogP contribution < -0.4 is 9.47 Å². The molecular weight excluding hydrogens is 697 g/mol. The van der Waals surface area contributed by atoms with Crippen LogP contribution in [0.5, 0.6) is 11.5 Å². The summed E-state index contributed by atoms with van der Waals surface area (Å²) in [5.41, 5.74) is 12.7. The van der Waals surface area contributed by atoms with Crippen LogP contribution in [0.2, 0.25) is 0 Å². The van der Waals surface area contributed by atoms with Gasteiger partial charge in [-0.1, -0.05) is 158 Å². The van der Waals surface area contributed by atoms with Crippen molar-refractivity contribution in [1.82, 2.24) is 0 Å². The molecule has 0 bridgehead atoms. The summed E-state index contributed by atoms with van der Waals surface area (Å²) in [5.74, 6) is 1.60. The number of nitrogens with zero attached hydrogens (tertiary/aromatic N) is 2. The molecule has 1 aliphatic rings. The fourth-order valence-electron chi connectivity index (χ4n) is 7.81. The summed E-state index contributed by atoms with van der Waals surface area (Å²) >= 11 is 0. The molecule has 0 saturated heterocycles. The van der Waals surface area contributed by atoms with E-state index in [4.69, 9.17) is 19.5 Å². The lowest BCUT2D eigenvalue weighted by molar-refractivity contribution is 0.305. The molecule has 0 radical (unpaired) electrons. The van der Waals surface area contributed by atoms with E-state index in [0.29, 0.717) is 13.2 Å². The number of aliphatic imine (C=N–C) groups is 2. The van der Waals surface area contributed by atoms with Gasteiger partial charge in [-0.3, -0.25) is 9.98 Å². The first-order valence-corrected chi connectivity index (χ1v) is 19.3. The standard InChI is InChI=1S/C53H40N2O2/c1-3-15-39(16-4-1)37-56-51-25-13-7-19-41(51)35-54-45-31-27-43(28-32-45)53(49-23-11-9-21-47(49)48-22-10-12-24-50(48)53)44-29-33-46(34-30-44)55-36-42-20-8-14-26-52(42)57-38-40-17-5-2-6-18-40/h1-36H,37-38H2. The average molecular weight is 737 g/mol. The lowest BCUT2D eigenvalue weighted by Crippen LogP contribution is -2.28. The third-order valence-electron chi connectivity index (χ3n) is 10.6. The number of para-hydroxylation sites is 2. The molecule has 274 valence electrons. The molecule has 0 heterocycles. The zero-order valence-corrected chi connectivity index (χ0v) is 31.4. The van der Waals surface area contributed by atoms with Crippen LogP contribution in [-0.2, 0) is 18.6 Å². The van der Waals surface area contributed by atoms with E-state index >= 15 is 0 Å². The second kappa shape index (κ2) is 16.2. The van der Waals surface area contributed by atoms with Gasteiger partial charge in [-0.05, 0) is 93.0 Å². The number of benzene rings is 8. The molecule has 8 aromatic carbocycles. The van der Waals surface area contributed by atoms with Gasteiger partial charge < -0.3 is 9.47 Å². The maximum atomic E-state index is 6.20. The van der Waals surface area contributed by atoms with Gasteiger partial charge in [-0.15, -0.1) is 0 Å². The second-order valence-corrected chi connectivity index (χ2v) is 14.1. The SMILES string of the molecule is C(=Nc1ccc(C2(c3ccc(N=Cc4ccccc4OCc4ccccc4)cc3)c3ccccc3-c3ccccc32)cc1)c1ccccc1OCc1ccccc1. The molecule has 0 amide bonds. The van der Waals surface area contributed by atoms with Crippen molar-refractivity contribution in [3.8, 4) is 22.6 Å². The number of ether oxygens (including phenoxy) is 2. The van der Waals surface area contributed by atoms with Crippen LogP contribution in [0.3, 0.4) is 0 Å². The predicted octanol–water partition coefficient (Wildman–Crippen LogP) is 12.7. The van der Waals surface area contributed by atoms with Crippen molar-refractivity contribution in [3.63, 3.8) is 0 Å². The summed E-state index contributed by atoms with van der Waals surface area (Å²) in [6.07, 6.45) is 3.77. The summed E-state index contributed by atoms with van der Waals surface area (Å²) in [7, 11) is 0. The summed E-state index contributed by atoms with van der Waals surface area (Å²) in [5, 5.41) is 0. The Morgan fingerprint density at radius 1 is 0.368 bits per heavy atom. The normalized spacial score (nSPS) is 12.7. The smallest absolute Gasteiger partial charge is 0.128 e. The van der Waals surface area contributed by atoms with Crippen LogP contribution in [0, 0.1) is 0 Å². The molecule has 8 aromatic rings. The topological polar surface area (TPSA) is 43.2 Å². The van der Waals surface area contributed by atoms with Crippen LogP contribution >= 0.6 is 0 Å². The van der Waals surface area contributed by atoms with E-state index in [1.807, 2.05) is 97.4 Å². The molecule has 0 fully saturated rings. The van der Waals surface area contributed by atoms with E-state index in [1.165, 1.54) is 33.4 Å². The molecule has 0 N–H and O–H groups in total. The Bertz CT molecular complexity index is 2480. The van der Waals surface area contributed by atoms with Crippen LogP contribution in [0.15, 0.2) is 216 Å². The molecule has 9 rings (SSSR count). The fourth-order valence-corrected chi connectivity index (χ4v) is 7.81. The second-order valence-electron chi connectivity index (χ2n) is 14.1. The molecule has 0 atom stereocenters. The highest BCUT2D eigenvalue weighted by molar-refractivity contribution is 5.88. The maximum Gasteiger partial charge on any atom is 0.128 e. The van der Waals surface area contributed by atoms with E-state index in [1.54, 1.807) is 0 Å². The monoisotopic (exact) mass is 736 g/mol. The number of rotatable bonds is 12. The number of hydrogen-bond donors (Lipinski definition) is 0. The molecule has 1 aliphatic carbocycles. The van der Waals surface area contributed by atoms with E-state index < -0.39 is 5.41 Å². The minimum Gasteiger partial charge on any atom is -0.488 e. The fraction of sp³-hybridized carbons (Fsp3) is 0.0566. The van der Waals surface area contributed by atoms with Crippen molar-refractivity contribution < 1.29 is 9.47 Å². The lowest BCUT2D eigenvalue weighted by Gasteiger charge is -2.34. The Kier molecular flexibility index (Phi) is 10.1. The highest BCUT2D eigenvalue weighted by Gasteiger charge is 2.45. The summed E-state index contributed by atoms with van der Waals surface area (Å²) < 4.78 is 12.4. The van der Waals surface area contributed by atoms with Crippen LogP contribution in [0.1, 0.15) is 44.5 Å². The predicted molar refractivity (Wildman–Crippen MR) is 233 cm³/mol. The van der Waals surface area contributed by atoms with Gasteiger partial charge in [0.15, 0.2) is 0 Å². The third-order valence-corrected chi connectivity index (χ3v) is 10.6. The molecule has 57 heavy (non-hydrogen) atoms. The summed E-state index contributed by atoms with van der Waals surface area (Å²) in [6.45, 7) is 0.994. The van der Waals surface area contributed by atoms with E-state index in [9.17, 15) is 0 Å². The third kappa shape index (κ3) is 7.29. The molecule has 4 nitrogen and oxygen atoms in total. The van der Waals surface area contributed by atoms with Gasteiger partial charge in [0.25, 0.3) is 0 Å². The van der Waals surface area contributed by atoms with E-state index in [-0.39, 0.29) is 0 Å². The van der Waals surface area contributed by atoms with Crippen molar-refractivity contribution in [3.05, 3.63) is 251 Å². The lowest BCUT2D eigenvalue weighted by atomic mass is 9.67. The molecule has 0 saturated carbocycles. The minimum absolute atomic E-state index is 0.497. The number of hydrogen-bond acceptors (Lipinski definition) is 4. The summed E-state index contributed by atoms with van der Waals surface area (Å²) in [4.78, 5) is 9.81. The molecule has 0 unspecified atom stereocenters. The van der Waals surface area contributed by atoms with Crippen molar-refractivity contribution >= 4 is 23.8 Å². The molecule has 4 heteroatoms. The molecule has 0 aromatic heterocycles. The Labute approximate surface area is 334 Å². The van der Waals surface area contributed by atoms with Crippen molar-refractivity contribution in [1.29, 1.82) is 0 Å². The van der Waals surface area contributed by atoms with Crippen molar-refractivity contribution in [2.45, 2.75) is 18.6 Å². The zero-order valence-electron chi connectivity index (χ0n) is 31.4. The van der Waals surface area contributed by atoms with Gasteiger partial charge >= 0.3 is 0 Å². The van der Waals surface area contributed by atoms with E-state index in [0.717, 1.165) is 45.1 Å². The van der Waals surface area contributed by atoms with Crippen LogP contribution in [0.4, 0.5) is 11.4 Å². The summed E-state index contributed by atoms with van der Waals surface area (Å²) in [6, 6.07) is 71.4. The van der Waals surface area contributed by atoms with Crippen molar-refractivity contribution in [2.75, 3.05) is 0 Å². The molecular formula is C53H40N2O2. The van der Waals surface area contributed by atoms with Gasteiger partial charge in [-0.2, -0.15) is 0 Å². The van der Waals surface area contributed by atoms with E-state index in [2.05, 4.69) is 121 Å². The van der Waals surface area contributed by atoms with Crippen LogP contribution in [-0.4, -0.2) is 12.4 Å². The van der Waals surface area contributed by atoms with Gasteiger partial charge in [0.2, 0.25) is 0 Å². The average Bonchev–Trinajstić information content (AvgIpc) is 3.59. The first kappa shape index (κ1) is 35.4. The van der Waals surface area contributed by atoms with Crippen LogP contribution in [0.25, 0.3) is 11.1 Å². The molecule has 0 spiro atoms. The quantitative estimate of drug-likeness (QED) is 0.117. The molecule has 0 aliphatic heterocycles. The van der Waals surface area contributed by atoms with Gasteiger partial charge in [-0.25, -0.2) is 0 Å². The van der Waals surface area contributed by atoms with Gasteiger partial charge in [0, 0.05) is 23.6 Å². The van der Waals surface area contributed by atoms with Gasteiger partial charge in [0.05, 0.1) is 16.8 Å².